The summed E-state index contributed by atoms with van der Waals surface area (Å²) in [4.78, 5) is 39.0. The zero-order valence-electron chi connectivity index (χ0n) is 18.7. The number of carbonyl (C=O) groups is 1. The van der Waals surface area contributed by atoms with E-state index in [1.54, 1.807) is 13.1 Å². The first-order valence-electron chi connectivity index (χ1n) is 11.2. The minimum absolute atomic E-state index is 0.0771. The number of nitriles is 1. The number of rotatable bonds is 7. The van der Waals surface area contributed by atoms with Crippen molar-refractivity contribution in [1.29, 1.82) is 5.26 Å². The maximum Gasteiger partial charge on any atom is 0.269 e. The molecular weight excluding hydrogens is 424 g/mol. The number of hydrogen-bond donors (Lipinski definition) is 1. The van der Waals surface area contributed by atoms with Gasteiger partial charge >= 0.3 is 0 Å². The van der Waals surface area contributed by atoms with Crippen molar-refractivity contribution in [1.82, 2.24) is 25.1 Å². The smallest absolute Gasteiger partial charge is 0.269 e. The molecule has 0 unspecified atom stereocenters. The van der Waals surface area contributed by atoms with Crippen LogP contribution in [-0.4, -0.2) is 83.0 Å². The first-order valence-corrected chi connectivity index (χ1v) is 11.2. The summed E-state index contributed by atoms with van der Waals surface area (Å²) in [5, 5.41) is 15.3. The largest absolute Gasteiger partial charge is 0.379 e. The fourth-order valence-electron chi connectivity index (χ4n) is 4.30. The van der Waals surface area contributed by atoms with Crippen LogP contribution in [0.15, 0.2) is 23.4 Å². The Bertz CT molecular complexity index is 1060. The highest BCUT2D eigenvalue weighted by molar-refractivity contribution is 5.76. The molecule has 2 aliphatic heterocycles. The summed E-state index contributed by atoms with van der Waals surface area (Å²) in [5.41, 5.74) is 1.77. The van der Waals surface area contributed by atoms with Gasteiger partial charge in [-0.15, -0.1) is 0 Å². The summed E-state index contributed by atoms with van der Waals surface area (Å²) in [6, 6.07) is 2.19. The van der Waals surface area contributed by atoms with Gasteiger partial charge in [0.25, 0.3) is 5.56 Å². The van der Waals surface area contributed by atoms with Gasteiger partial charge in [-0.05, 0) is 19.8 Å². The molecule has 0 bridgehead atoms. The number of H-pyrrole nitrogens is 1. The predicted octanol–water partition coefficient (Wildman–Crippen LogP) is 0.464. The van der Waals surface area contributed by atoms with Gasteiger partial charge < -0.3 is 19.4 Å². The van der Waals surface area contributed by atoms with Gasteiger partial charge in [0, 0.05) is 38.3 Å². The minimum Gasteiger partial charge on any atom is -0.379 e. The van der Waals surface area contributed by atoms with E-state index in [0.717, 1.165) is 25.1 Å². The van der Waals surface area contributed by atoms with Gasteiger partial charge in [0.05, 0.1) is 55.5 Å². The second-order valence-electron chi connectivity index (χ2n) is 8.28. The lowest BCUT2D eigenvalue weighted by Crippen LogP contribution is -2.49. The quantitative estimate of drug-likeness (QED) is 0.595. The Labute approximate surface area is 192 Å². The minimum atomic E-state index is -0.171. The zero-order valence-corrected chi connectivity index (χ0v) is 18.7. The molecule has 1 N–H and O–H groups in total. The number of aromatic amines is 1. The summed E-state index contributed by atoms with van der Waals surface area (Å²) < 4.78 is 5.86. The molecule has 0 radical (unpaired) electrons. The Morgan fingerprint density at radius 3 is 2.70 bits per heavy atom. The van der Waals surface area contributed by atoms with Gasteiger partial charge in [-0.2, -0.15) is 10.4 Å². The zero-order chi connectivity index (χ0) is 23.2. The van der Waals surface area contributed by atoms with E-state index in [1.807, 2.05) is 15.9 Å². The van der Waals surface area contributed by atoms with Gasteiger partial charge in [-0.3, -0.25) is 9.59 Å². The Morgan fingerprint density at radius 1 is 1.21 bits per heavy atom. The van der Waals surface area contributed by atoms with E-state index in [9.17, 15) is 9.59 Å². The van der Waals surface area contributed by atoms with Crippen molar-refractivity contribution in [3.05, 3.63) is 40.1 Å². The predicted molar refractivity (Wildman–Crippen MR) is 121 cm³/mol. The van der Waals surface area contributed by atoms with Crippen LogP contribution in [0.1, 0.15) is 30.4 Å². The third kappa shape index (κ3) is 5.28. The molecule has 11 heteroatoms. The molecule has 0 aromatic carbocycles. The average molecular weight is 453 g/mol. The van der Waals surface area contributed by atoms with Gasteiger partial charge in [0.15, 0.2) is 0 Å². The highest BCUT2D eigenvalue weighted by atomic mass is 16.5. The molecule has 2 aliphatic rings. The number of carbonyl (C=O) groups excluding carboxylic acids is 1. The van der Waals surface area contributed by atoms with Crippen molar-refractivity contribution >= 4 is 17.5 Å². The molecule has 4 heterocycles. The highest BCUT2D eigenvalue weighted by Crippen LogP contribution is 2.26. The Balaban J connectivity index is 1.19. The van der Waals surface area contributed by atoms with Crippen molar-refractivity contribution in [3.8, 4) is 6.07 Å². The van der Waals surface area contributed by atoms with E-state index < -0.39 is 0 Å². The third-order valence-corrected chi connectivity index (χ3v) is 6.22. The van der Waals surface area contributed by atoms with Crippen LogP contribution in [0.5, 0.6) is 0 Å². The second-order valence-corrected chi connectivity index (χ2v) is 8.28. The fraction of sp³-hybridized carbons (Fsp3) is 0.545. The van der Waals surface area contributed by atoms with Crippen LogP contribution in [0.3, 0.4) is 0 Å². The van der Waals surface area contributed by atoms with Crippen LogP contribution in [0, 0.1) is 18.3 Å². The lowest BCUT2D eigenvalue weighted by Gasteiger charge is -2.34. The van der Waals surface area contributed by atoms with Gasteiger partial charge in [0.2, 0.25) is 11.9 Å². The lowest BCUT2D eigenvalue weighted by atomic mass is 10.2. The summed E-state index contributed by atoms with van der Waals surface area (Å²) in [6.45, 7) is 6.07. The summed E-state index contributed by atoms with van der Waals surface area (Å²) >= 11 is 0. The number of amides is 1. The molecular formula is C22H28N8O3. The number of nitrogens with zero attached hydrogens (tertiary/aromatic N) is 7. The number of ether oxygens (including phenoxy) is 1. The van der Waals surface area contributed by atoms with Gasteiger partial charge in [0.1, 0.15) is 6.07 Å². The molecule has 0 aliphatic carbocycles. The molecule has 4 rings (SSSR count). The first kappa shape index (κ1) is 22.7. The SMILES string of the molecule is Cc1c(N2CCC[C@H]2COCCC(=O)N2CCN(c3ncc(C#N)cn3)CC2)cn[nH]c1=O. The van der Waals surface area contributed by atoms with Crippen LogP contribution in [-0.2, 0) is 9.53 Å². The monoisotopic (exact) mass is 452 g/mol. The molecule has 11 nitrogen and oxygen atoms in total. The first-order chi connectivity index (χ1) is 16.1. The Morgan fingerprint density at radius 2 is 1.97 bits per heavy atom. The maximum atomic E-state index is 12.6. The van der Waals surface area contributed by atoms with E-state index in [0.29, 0.717) is 62.9 Å². The molecule has 2 aromatic heterocycles. The Kier molecular flexibility index (Phi) is 7.14. The van der Waals surface area contributed by atoms with Crippen molar-refractivity contribution < 1.29 is 9.53 Å². The molecule has 2 aromatic rings. The second kappa shape index (κ2) is 10.4. The van der Waals surface area contributed by atoms with Gasteiger partial charge in [-0.25, -0.2) is 15.1 Å². The number of anilines is 2. The van der Waals surface area contributed by atoms with Crippen LogP contribution in [0.25, 0.3) is 0 Å². The van der Waals surface area contributed by atoms with E-state index in [-0.39, 0.29) is 17.5 Å². The lowest BCUT2D eigenvalue weighted by molar-refractivity contribution is -0.132. The van der Waals surface area contributed by atoms with E-state index >= 15 is 0 Å². The summed E-state index contributed by atoms with van der Waals surface area (Å²) in [6.07, 6.45) is 7.07. The number of nitrogens with one attached hydrogen (secondary N) is 1. The molecule has 1 atom stereocenters. The molecule has 0 saturated carbocycles. The van der Waals surface area contributed by atoms with Crippen molar-refractivity contribution in [2.24, 2.45) is 0 Å². The van der Waals surface area contributed by atoms with Crippen LogP contribution in [0.2, 0.25) is 0 Å². The van der Waals surface area contributed by atoms with E-state index in [4.69, 9.17) is 10.00 Å². The standard InChI is InChI=1S/C22H28N8O3/c1-16-19(14-26-27-21(16)32)30-5-2-3-18(30)15-33-10-4-20(31)28-6-8-29(9-7-28)22-24-12-17(11-23)13-25-22/h12-14,18H,2-10,15H2,1H3,(H,27,32)/t18-/m0/s1. The van der Waals surface area contributed by atoms with Crippen molar-refractivity contribution in [3.63, 3.8) is 0 Å². The third-order valence-electron chi connectivity index (χ3n) is 6.22. The van der Waals surface area contributed by atoms with Crippen molar-refractivity contribution in [2.75, 3.05) is 55.7 Å². The van der Waals surface area contributed by atoms with E-state index in [1.165, 1.54) is 12.4 Å². The molecule has 2 saturated heterocycles. The van der Waals surface area contributed by atoms with Crippen molar-refractivity contribution in [2.45, 2.75) is 32.2 Å². The molecule has 2 fully saturated rings. The summed E-state index contributed by atoms with van der Waals surface area (Å²) in [7, 11) is 0. The topological polar surface area (TPSA) is 131 Å². The molecule has 0 spiro atoms. The van der Waals surface area contributed by atoms with Gasteiger partial charge in [-0.1, -0.05) is 0 Å². The average Bonchev–Trinajstić information content (AvgIpc) is 3.32. The normalized spacial score (nSPS) is 18.4. The fourth-order valence-corrected chi connectivity index (χ4v) is 4.30. The number of piperazine rings is 1. The molecule has 1 amide bonds. The molecule has 174 valence electrons. The van der Waals surface area contributed by atoms with Crippen LogP contribution >= 0.6 is 0 Å². The highest BCUT2D eigenvalue weighted by Gasteiger charge is 2.27. The number of aromatic nitrogens is 4. The molecule has 33 heavy (non-hydrogen) atoms. The number of hydrogen-bond acceptors (Lipinski definition) is 9. The van der Waals surface area contributed by atoms with E-state index in [2.05, 4.69) is 25.1 Å². The Hall–Kier alpha value is -3.52. The van der Waals surface area contributed by atoms with Crippen LogP contribution in [0.4, 0.5) is 11.6 Å². The summed E-state index contributed by atoms with van der Waals surface area (Å²) in [5.74, 6) is 0.657. The van der Waals surface area contributed by atoms with Crippen LogP contribution < -0.4 is 15.4 Å². The maximum absolute atomic E-state index is 12.6.